The normalized spacial score (nSPS) is 28.5. The molecule has 0 heterocycles. The van der Waals surface area contributed by atoms with Gasteiger partial charge < -0.3 is 9.47 Å². The van der Waals surface area contributed by atoms with Gasteiger partial charge in [-0.25, -0.2) is 4.79 Å². The summed E-state index contributed by atoms with van der Waals surface area (Å²) in [5, 5.41) is 0. The molecule has 1 fully saturated rings. The summed E-state index contributed by atoms with van der Waals surface area (Å²) in [5.74, 6) is 1.18. The lowest BCUT2D eigenvalue weighted by atomic mass is 9.60. The molecule has 0 bridgehead atoms. The topological polar surface area (TPSA) is 52.6 Å². The minimum atomic E-state index is -0.910. The number of hydrogen-bond donors (Lipinski definition) is 0. The lowest BCUT2D eigenvalue weighted by Gasteiger charge is -2.45. The van der Waals surface area contributed by atoms with Gasteiger partial charge in [0.1, 0.15) is 6.61 Å². The van der Waals surface area contributed by atoms with Crippen LogP contribution in [-0.2, 0) is 20.9 Å². The zero-order chi connectivity index (χ0) is 19.4. The zero-order valence-electron chi connectivity index (χ0n) is 16.5. The van der Waals surface area contributed by atoms with Crippen molar-refractivity contribution in [2.45, 2.75) is 53.1 Å². The molecule has 4 heteroatoms. The first kappa shape index (κ1) is 19.7. The van der Waals surface area contributed by atoms with E-state index in [-0.39, 0.29) is 18.4 Å². The van der Waals surface area contributed by atoms with Crippen molar-refractivity contribution in [3.8, 4) is 0 Å². The maximum absolute atomic E-state index is 12.6. The summed E-state index contributed by atoms with van der Waals surface area (Å²) < 4.78 is 10.1. The number of carbonyl (C=O) groups excluding carboxylic acids is 2. The Hall–Kier alpha value is -2.10. The average Bonchev–Trinajstić information content (AvgIpc) is 2.67. The molecule has 5 atom stereocenters. The van der Waals surface area contributed by atoms with Gasteiger partial charge >= 0.3 is 12.1 Å². The summed E-state index contributed by atoms with van der Waals surface area (Å²) in [6.07, 6.45) is 5.95. The largest absolute Gasteiger partial charge is 0.516 e. The van der Waals surface area contributed by atoms with E-state index < -0.39 is 12.1 Å². The highest BCUT2D eigenvalue weighted by Crippen LogP contribution is 2.48. The molecule has 1 unspecified atom stereocenters. The van der Waals surface area contributed by atoms with Crippen LogP contribution < -0.4 is 0 Å². The number of rotatable bonds is 4. The van der Waals surface area contributed by atoms with Gasteiger partial charge in [0.25, 0.3) is 0 Å². The zero-order valence-corrected chi connectivity index (χ0v) is 16.5. The minimum Gasteiger partial charge on any atom is -0.429 e. The maximum Gasteiger partial charge on any atom is 0.516 e. The molecule has 0 saturated heterocycles. The van der Waals surface area contributed by atoms with Crippen molar-refractivity contribution in [3.63, 3.8) is 0 Å². The second kappa shape index (κ2) is 8.73. The first-order chi connectivity index (χ1) is 13.0. The van der Waals surface area contributed by atoms with E-state index in [1.807, 2.05) is 37.3 Å². The Kier molecular flexibility index (Phi) is 6.35. The Morgan fingerprint density at radius 3 is 2.63 bits per heavy atom. The molecule has 0 aromatic heterocycles. The average molecular weight is 370 g/mol. The van der Waals surface area contributed by atoms with Gasteiger partial charge in [0.2, 0.25) is 0 Å². The standard InChI is InChI=1S/C23H30O4/c1-15-9-11-19-16(2)10-12-20(21(19)13-15)17(3)22(24)27-23(25)26-14-18-7-5-4-6-8-18/h4-8,13,16-17,19-21H,9-12,14H2,1-3H3/t16-,17?,19+,20+,21+/m1/s1. The first-order valence-electron chi connectivity index (χ1n) is 10.1. The number of allylic oxidation sites excluding steroid dienone is 2. The molecule has 1 aromatic carbocycles. The van der Waals surface area contributed by atoms with E-state index in [9.17, 15) is 9.59 Å². The first-order valence-corrected chi connectivity index (χ1v) is 10.1. The predicted octanol–water partition coefficient (Wildman–Crippen LogP) is 5.52. The summed E-state index contributed by atoms with van der Waals surface area (Å²) in [4.78, 5) is 24.5. The molecule has 1 saturated carbocycles. The van der Waals surface area contributed by atoms with Crippen LogP contribution in [0.3, 0.4) is 0 Å². The van der Waals surface area contributed by atoms with E-state index in [0.29, 0.717) is 17.8 Å². The third-order valence-corrected chi connectivity index (χ3v) is 6.42. The van der Waals surface area contributed by atoms with E-state index in [4.69, 9.17) is 9.47 Å². The van der Waals surface area contributed by atoms with Gasteiger partial charge in [-0.1, -0.05) is 62.2 Å². The molecule has 1 aromatic rings. The summed E-state index contributed by atoms with van der Waals surface area (Å²) in [6.45, 7) is 6.50. The number of hydrogen-bond acceptors (Lipinski definition) is 4. The predicted molar refractivity (Wildman–Crippen MR) is 104 cm³/mol. The van der Waals surface area contributed by atoms with Gasteiger partial charge in [-0.05, 0) is 55.4 Å². The minimum absolute atomic E-state index is 0.106. The summed E-state index contributed by atoms with van der Waals surface area (Å²) in [6, 6.07) is 9.36. The fraction of sp³-hybridized carbons (Fsp3) is 0.565. The van der Waals surface area contributed by atoms with Crippen molar-refractivity contribution in [1.29, 1.82) is 0 Å². The van der Waals surface area contributed by atoms with E-state index >= 15 is 0 Å². The van der Waals surface area contributed by atoms with Gasteiger partial charge in [-0.15, -0.1) is 0 Å². The third-order valence-electron chi connectivity index (χ3n) is 6.42. The SMILES string of the molecule is CC1=C[C@H]2[C@@H](CC1)[C@H](C)CC[C@H]2C(C)C(=O)OC(=O)OCc1ccccc1. The van der Waals surface area contributed by atoms with Gasteiger partial charge in [0.05, 0.1) is 5.92 Å². The number of esters is 1. The molecular weight excluding hydrogens is 340 g/mol. The van der Waals surface area contributed by atoms with Crippen molar-refractivity contribution in [3.05, 3.63) is 47.5 Å². The van der Waals surface area contributed by atoms with Crippen molar-refractivity contribution in [2.24, 2.45) is 29.6 Å². The lowest BCUT2D eigenvalue weighted by Crippen LogP contribution is -2.40. The Balaban J connectivity index is 1.57. The number of ether oxygens (including phenoxy) is 2. The molecular formula is C23H30O4. The number of fused-ring (bicyclic) bond motifs is 1. The van der Waals surface area contributed by atoms with Gasteiger partial charge in [-0.2, -0.15) is 0 Å². The summed E-state index contributed by atoms with van der Waals surface area (Å²) in [7, 11) is 0. The maximum atomic E-state index is 12.6. The van der Waals surface area contributed by atoms with Crippen LogP contribution in [-0.4, -0.2) is 12.1 Å². The molecule has 2 aliphatic rings. The van der Waals surface area contributed by atoms with E-state index in [1.165, 1.54) is 12.0 Å². The van der Waals surface area contributed by atoms with Crippen LogP contribution in [0, 0.1) is 29.6 Å². The second-order valence-corrected chi connectivity index (χ2v) is 8.25. The van der Waals surface area contributed by atoms with Crippen LogP contribution in [0.5, 0.6) is 0 Å². The highest BCUT2D eigenvalue weighted by Gasteiger charge is 2.42. The van der Waals surface area contributed by atoms with Crippen LogP contribution in [0.2, 0.25) is 0 Å². The molecule has 2 aliphatic carbocycles. The molecule has 4 nitrogen and oxygen atoms in total. The third kappa shape index (κ3) is 4.79. The van der Waals surface area contributed by atoms with Crippen molar-refractivity contribution < 1.29 is 19.1 Å². The molecule has 0 amide bonds. The van der Waals surface area contributed by atoms with Gasteiger partial charge in [-0.3, -0.25) is 4.79 Å². The van der Waals surface area contributed by atoms with Gasteiger partial charge in [0, 0.05) is 0 Å². The van der Waals surface area contributed by atoms with Crippen molar-refractivity contribution in [1.82, 2.24) is 0 Å². The number of carbonyl (C=O) groups is 2. The summed E-state index contributed by atoms with van der Waals surface area (Å²) >= 11 is 0. The summed E-state index contributed by atoms with van der Waals surface area (Å²) in [5.41, 5.74) is 2.28. The van der Waals surface area contributed by atoms with Gasteiger partial charge in [0.15, 0.2) is 0 Å². The number of benzene rings is 1. The Morgan fingerprint density at radius 2 is 1.89 bits per heavy atom. The van der Waals surface area contributed by atoms with Crippen LogP contribution >= 0.6 is 0 Å². The molecule has 146 valence electrons. The fourth-order valence-electron chi connectivity index (χ4n) is 4.77. The highest BCUT2D eigenvalue weighted by atomic mass is 16.7. The molecule has 0 radical (unpaired) electrons. The van der Waals surface area contributed by atoms with E-state index in [1.54, 1.807) is 0 Å². The molecule has 0 aliphatic heterocycles. The van der Waals surface area contributed by atoms with Crippen LogP contribution in [0.1, 0.15) is 52.0 Å². The molecule has 0 N–H and O–H groups in total. The monoisotopic (exact) mass is 370 g/mol. The molecule has 0 spiro atoms. The van der Waals surface area contributed by atoms with Crippen molar-refractivity contribution >= 4 is 12.1 Å². The van der Waals surface area contributed by atoms with E-state index in [0.717, 1.165) is 24.8 Å². The molecule has 3 rings (SSSR count). The Labute approximate surface area is 161 Å². The Morgan fingerprint density at radius 1 is 1.15 bits per heavy atom. The Bertz CT molecular complexity index is 694. The molecule has 27 heavy (non-hydrogen) atoms. The lowest BCUT2D eigenvalue weighted by molar-refractivity contribution is -0.147. The van der Waals surface area contributed by atoms with Crippen LogP contribution in [0.25, 0.3) is 0 Å². The van der Waals surface area contributed by atoms with Crippen LogP contribution in [0.4, 0.5) is 4.79 Å². The second-order valence-electron chi connectivity index (χ2n) is 8.25. The quantitative estimate of drug-likeness (QED) is 0.398. The smallest absolute Gasteiger partial charge is 0.429 e. The van der Waals surface area contributed by atoms with Crippen molar-refractivity contribution in [2.75, 3.05) is 0 Å². The highest BCUT2D eigenvalue weighted by molar-refractivity contribution is 5.83. The fourth-order valence-corrected chi connectivity index (χ4v) is 4.77. The van der Waals surface area contributed by atoms with E-state index in [2.05, 4.69) is 19.9 Å². The van der Waals surface area contributed by atoms with Crippen LogP contribution in [0.15, 0.2) is 42.0 Å².